The number of hydrogen-bond acceptors (Lipinski definition) is 7. The summed E-state index contributed by atoms with van der Waals surface area (Å²) in [6, 6.07) is 10.6. The number of carbonyl (C=O) groups is 2. The summed E-state index contributed by atoms with van der Waals surface area (Å²) in [6.07, 6.45) is 0. The summed E-state index contributed by atoms with van der Waals surface area (Å²) in [6.45, 7) is 4.40. The molecule has 0 aromatic heterocycles. The summed E-state index contributed by atoms with van der Waals surface area (Å²) in [5, 5.41) is 9.05. The molecule has 36 heavy (non-hydrogen) atoms. The van der Waals surface area contributed by atoms with Crippen molar-refractivity contribution in [3.05, 3.63) is 64.4 Å². The number of aliphatic hydroxyl groups is 1. The molecule has 12 heteroatoms. The first-order valence-corrected chi connectivity index (χ1v) is 13.3. The Hall–Kier alpha value is -2.73. The molecule has 0 bridgehead atoms. The average molecular weight is 542 g/mol. The lowest BCUT2D eigenvalue weighted by Crippen LogP contribution is -2.58. The van der Waals surface area contributed by atoms with Gasteiger partial charge >= 0.3 is 0 Å². The van der Waals surface area contributed by atoms with Crippen LogP contribution in [0.2, 0.25) is 5.02 Å². The largest absolute Gasteiger partial charge is 0.483 e. The minimum atomic E-state index is -4.11. The molecule has 1 aliphatic rings. The third-order valence-corrected chi connectivity index (χ3v) is 7.33. The van der Waals surface area contributed by atoms with E-state index >= 15 is 0 Å². The summed E-state index contributed by atoms with van der Waals surface area (Å²) >= 11 is 6.00. The predicted molar refractivity (Wildman–Crippen MR) is 132 cm³/mol. The first-order valence-electron chi connectivity index (χ1n) is 11.3. The number of piperazine rings is 1. The molecule has 3 rings (SSSR count). The first kappa shape index (κ1) is 27.9. The number of aliphatic hydroxyl groups excluding tert-OH is 1. The van der Waals surface area contributed by atoms with Crippen molar-refractivity contribution in [3.63, 3.8) is 0 Å². The number of sulfonamides is 1. The Morgan fingerprint density at radius 2 is 1.83 bits per heavy atom. The minimum absolute atomic E-state index is 0.0570. The Morgan fingerprint density at radius 1 is 1.14 bits per heavy atom. The second kappa shape index (κ2) is 12.0. The van der Waals surface area contributed by atoms with Crippen LogP contribution < -0.4 is 9.46 Å². The van der Waals surface area contributed by atoms with Crippen LogP contribution >= 0.6 is 11.6 Å². The number of rotatable bonds is 9. The highest BCUT2D eigenvalue weighted by Gasteiger charge is 2.32. The molecule has 9 nitrogen and oxygen atoms in total. The number of hydrogen-bond donors (Lipinski definition) is 2. The van der Waals surface area contributed by atoms with Gasteiger partial charge in [-0.3, -0.25) is 19.2 Å². The van der Waals surface area contributed by atoms with E-state index in [2.05, 4.69) is 4.90 Å². The van der Waals surface area contributed by atoms with Gasteiger partial charge in [-0.2, -0.15) is 0 Å². The van der Waals surface area contributed by atoms with Crippen molar-refractivity contribution < 1.29 is 32.2 Å². The van der Waals surface area contributed by atoms with E-state index in [4.69, 9.17) is 21.4 Å². The van der Waals surface area contributed by atoms with Crippen molar-refractivity contribution in [1.29, 1.82) is 0 Å². The quantitative estimate of drug-likeness (QED) is 0.498. The van der Waals surface area contributed by atoms with Gasteiger partial charge in [0.15, 0.2) is 6.61 Å². The molecular formula is C24H29ClFN3O6S. The van der Waals surface area contributed by atoms with Crippen LogP contribution in [0.3, 0.4) is 0 Å². The molecule has 1 saturated heterocycles. The van der Waals surface area contributed by atoms with Gasteiger partial charge in [-0.1, -0.05) is 23.7 Å². The van der Waals surface area contributed by atoms with Gasteiger partial charge in [0.1, 0.15) is 18.2 Å². The zero-order chi connectivity index (χ0) is 26.5. The highest BCUT2D eigenvalue weighted by Crippen LogP contribution is 2.25. The van der Waals surface area contributed by atoms with E-state index in [1.165, 1.54) is 30.3 Å². The number of nitrogens with one attached hydrogen (secondary N) is 1. The Morgan fingerprint density at radius 3 is 2.50 bits per heavy atom. The molecule has 1 aliphatic heterocycles. The maximum Gasteiger partial charge on any atom is 0.260 e. The zero-order valence-corrected chi connectivity index (χ0v) is 21.6. The Labute approximate surface area is 214 Å². The van der Waals surface area contributed by atoms with E-state index < -0.39 is 28.3 Å². The molecule has 0 spiro atoms. The maximum absolute atomic E-state index is 13.2. The van der Waals surface area contributed by atoms with E-state index in [1.54, 1.807) is 21.8 Å². The van der Waals surface area contributed by atoms with Crippen LogP contribution in [-0.4, -0.2) is 73.5 Å². The second-order valence-electron chi connectivity index (χ2n) is 8.78. The van der Waals surface area contributed by atoms with Gasteiger partial charge < -0.3 is 14.7 Å². The van der Waals surface area contributed by atoms with Crippen LogP contribution in [0.25, 0.3) is 0 Å². The molecule has 0 radical (unpaired) electrons. The lowest BCUT2D eigenvalue weighted by atomic mass is 10.1. The molecule has 2 unspecified atom stereocenters. The number of amides is 2. The summed E-state index contributed by atoms with van der Waals surface area (Å²) in [5.74, 6) is -2.08. The van der Waals surface area contributed by atoms with Crippen LogP contribution in [0.15, 0.2) is 42.5 Å². The SMILES string of the molecule is CC1CN(C(=O)COc2ccc(Cl)cc2CS(=O)(=O)NC(=O)CO)C(C)CN1Cc1ccc(F)cc1. The molecule has 1 fully saturated rings. The molecule has 196 valence electrons. The number of carbonyl (C=O) groups excluding carboxylic acids is 2. The van der Waals surface area contributed by atoms with Gasteiger partial charge in [-0.15, -0.1) is 0 Å². The predicted octanol–water partition coefficient (Wildman–Crippen LogP) is 1.92. The van der Waals surface area contributed by atoms with E-state index in [-0.39, 0.29) is 46.8 Å². The van der Waals surface area contributed by atoms with Crippen molar-refractivity contribution >= 4 is 33.4 Å². The van der Waals surface area contributed by atoms with E-state index in [0.29, 0.717) is 19.6 Å². The highest BCUT2D eigenvalue weighted by molar-refractivity contribution is 7.89. The van der Waals surface area contributed by atoms with Crippen LogP contribution in [0.5, 0.6) is 5.75 Å². The van der Waals surface area contributed by atoms with Crippen molar-refractivity contribution in [3.8, 4) is 5.75 Å². The van der Waals surface area contributed by atoms with E-state index in [1.807, 2.05) is 13.8 Å². The van der Waals surface area contributed by atoms with Crippen LogP contribution in [0, 0.1) is 5.82 Å². The molecule has 0 saturated carbocycles. The molecule has 2 amide bonds. The van der Waals surface area contributed by atoms with Gasteiger partial charge in [-0.25, -0.2) is 12.8 Å². The standard InChI is InChI=1S/C24H29ClFN3O6S/c1-16-11-29(17(2)10-28(16)12-18-3-6-21(26)7-4-18)24(32)14-35-22-8-5-20(25)9-19(22)15-36(33,34)27-23(31)13-30/h3-9,16-17,30H,10-15H2,1-2H3,(H,27,31). The molecule has 1 heterocycles. The smallest absolute Gasteiger partial charge is 0.260 e. The monoisotopic (exact) mass is 541 g/mol. The van der Waals surface area contributed by atoms with Gasteiger partial charge in [0.25, 0.3) is 11.8 Å². The van der Waals surface area contributed by atoms with Crippen LogP contribution in [0.4, 0.5) is 4.39 Å². The third kappa shape index (κ3) is 7.63. The van der Waals surface area contributed by atoms with Crippen molar-refractivity contribution in [2.45, 2.75) is 38.2 Å². The van der Waals surface area contributed by atoms with Gasteiger partial charge in [0.2, 0.25) is 10.0 Å². The zero-order valence-electron chi connectivity index (χ0n) is 20.0. The number of benzene rings is 2. The molecule has 2 aromatic carbocycles. The Bertz CT molecular complexity index is 1190. The minimum Gasteiger partial charge on any atom is -0.483 e. The molecule has 2 aromatic rings. The Balaban J connectivity index is 1.62. The number of ether oxygens (including phenoxy) is 1. The fourth-order valence-electron chi connectivity index (χ4n) is 4.06. The highest BCUT2D eigenvalue weighted by atomic mass is 35.5. The molecule has 2 N–H and O–H groups in total. The maximum atomic E-state index is 13.2. The van der Waals surface area contributed by atoms with E-state index in [0.717, 1.165) is 5.56 Å². The summed E-state index contributed by atoms with van der Waals surface area (Å²) in [5.41, 5.74) is 1.15. The Kier molecular flexibility index (Phi) is 9.29. The third-order valence-electron chi connectivity index (χ3n) is 5.87. The second-order valence-corrected chi connectivity index (χ2v) is 10.9. The first-order chi connectivity index (χ1) is 17.0. The summed E-state index contributed by atoms with van der Waals surface area (Å²) < 4.78 is 45.1. The molecule has 2 atom stereocenters. The number of nitrogens with zero attached hydrogens (tertiary/aromatic N) is 2. The van der Waals surface area contributed by atoms with Crippen LogP contribution in [-0.2, 0) is 31.9 Å². The molecular weight excluding hydrogens is 513 g/mol. The normalized spacial score (nSPS) is 18.6. The average Bonchev–Trinajstić information content (AvgIpc) is 2.81. The summed E-state index contributed by atoms with van der Waals surface area (Å²) in [7, 11) is -4.11. The fourth-order valence-corrected chi connectivity index (χ4v) is 5.37. The van der Waals surface area contributed by atoms with Gasteiger partial charge in [0.05, 0.1) is 5.75 Å². The molecule has 0 aliphatic carbocycles. The lowest BCUT2D eigenvalue weighted by molar-refractivity contribution is -0.139. The van der Waals surface area contributed by atoms with Crippen molar-refractivity contribution in [2.75, 3.05) is 26.3 Å². The van der Waals surface area contributed by atoms with E-state index in [9.17, 15) is 22.4 Å². The fraction of sp³-hybridized carbons (Fsp3) is 0.417. The lowest BCUT2D eigenvalue weighted by Gasteiger charge is -2.44. The number of halogens is 2. The summed E-state index contributed by atoms with van der Waals surface area (Å²) in [4.78, 5) is 28.2. The van der Waals surface area contributed by atoms with Gasteiger partial charge in [-0.05, 0) is 49.7 Å². The van der Waals surface area contributed by atoms with Crippen molar-refractivity contribution in [1.82, 2.24) is 14.5 Å². The van der Waals surface area contributed by atoms with Crippen molar-refractivity contribution in [2.24, 2.45) is 0 Å². The van der Waals surface area contributed by atoms with Crippen LogP contribution in [0.1, 0.15) is 25.0 Å². The van der Waals surface area contributed by atoms with Gasteiger partial charge in [0, 0.05) is 42.3 Å². The topological polar surface area (TPSA) is 116 Å².